The Morgan fingerprint density at radius 3 is 2.75 bits per heavy atom. The topological polar surface area (TPSA) is 55.6 Å². The molecule has 5 nitrogen and oxygen atoms in total. The van der Waals surface area contributed by atoms with Crippen LogP contribution in [-0.4, -0.2) is 29.4 Å². The van der Waals surface area contributed by atoms with E-state index < -0.39 is 0 Å². The van der Waals surface area contributed by atoms with Gasteiger partial charge in [-0.2, -0.15) is 0 Å². The summed E-state index contributed by atoms with van der Waals surface area (Å²) in [7, 11) is 1.62. The maximum atomic E-state index is 12.9. The highest BCUT2D eigenvalue weighted by Gasteiger charge is 2.30. The summed E-state index contributed by atoms with van der Waals surface area (Å²) in [6.45, 7) is 9.27. The Balaban J connectivity index is 1.85. The number of nitrogens with zero attached hydrogens (tertiary/aromatic N) is 2. The standard InChI is InChI=1S/C19H24N2O3/c1-12-13(7-6-8-15(12)23-5)17(22)21-10-9-16-14(11-21)20-18(24-16)19(2,3)4/h6-8H,9-11H2,1-5H3. The van der Waals surface area contributed by atoms with Crippen LogP contribution < -0.4 is 4.74 Å². The Morgan fingerprint density at radius 1 is 1.33 bits per heavy atom. The number of ether oxygens (including phenoxy) is 1. The fourth-order valence-corrected chi connectivity index (χ4v) is 2.93. The molecule has 1 aromatic carbocycles. The maximum Gasteiger partial charge on any atom is 0.254 e. The zero-order valence-corrected chi connectivity index (χ0v) is 15.0. The van der Waals surface area contributed by atoms with Crippen LogP contribution in [0.4, 0.5) is 0 Å². The number of fused-ring (bicyclic) bond motifs is 1. The number of oxazole rings is 1. The zero-order chi connectivity index (χ0) is 17.5. The van der Waals surface area contributed by atoms with Crippen molar-refractivity contribution in [2.75, 3.05) is 13.7 Å². The van der Waals surface area contributed by atoms with Crippen LogP contribution in [0.5, 0.6) is 5.75 Å². The lowest BCUT2D eigenvalue weighted by atomic mass is 9.97. The highest BCUT2D eigenvalue weighted by atomic mass is 16.5. The number of benzene rings is 1. The number of carbonyl (C=O) groups excluding carboxylic acids is 1. The lowest BCUT2D eigenvalue weighted by Crippen LogP contribution is -2.36. The Hall–Kier alpha value is -2.30. The van der Waals surface area contributed by atoms with Crippen LogP contribution in [0, 0.1) is 6.92 Å². The summed E-state index contributed by atoms with van der Waals surface area (Å²) in [5, 5.41) is 0. The second kappa shape index (κ2) is 5.96. The summed E-state index contributed by atoms with van der Waals surface area (Å²) in [5.41, 5.74) is 2.29. The summed E-state index contributed by atoms with van der Waals surface area (Å²) in [5.74, 6) is 2.39. The van der Waals surface area contributed by atoms with Gasteiger partial charge in [0.15, 0.2) is 5.89 Å². The van der Waals surface area contributed by atoms with Gasteiger partial charge >= 0.3 is 0 Å². The van der Waals surface area contributed by atoms with E-state index in [1.807, 2.05) is 30.0 Å². The Morgan fingerprint density at radius 2 is 2.08 bits per heavy atom. The highest BCUT2D eigenvalue weighted by molar-refractivity contribution is 5.96. The van der Waals surface area contributed by atoms with Crippen LogP contribution in [-0.2, 0) is 18.4 Å². The van der Waals surface area contributed by atoms with Gasteiger partial charge in [-0.25, -0.2) is 4.98 Å². The molecular weight excluding hydrogens is 304 g/mol. The molecule has 0 atom stereocenters. The second-order valence-corrected chi connectivity index (χ2v) is 7.25. The fraction of sp³-hybridized carbons (Fsp3) is 0.474. The molecule has 0 radical (unpaired) electrons. The van der Waals surface area contributed by atoms with Crippen molar-refractivity contribution in [2.24, 2.45) is 0 Å². The van der Waals surface area contributed by atoms with Crippen LogP contribution in [0.1, 0.15) is 54.0 Å². The van der Waals surface area contributed by atoms with Crippen molar-refractivity contribution in [3.63, 3.8) is 0 Å². The molecule has 0 N–H and O–H groups in total. The van der Waals surface area contributed by atoms with Crippen molar-refractivity contribution in [2.45, 2.75) is 46.1 Å². The van der Waals surface area contributed by atoms with Gasteiger partial charge in [-0.15, -0.1) is 0 Å². The van der Waals surface area contributed by atoms with E-state index in [2.05, 4.69) is 25.8 Å². The molecule has 0 spiro atoms. The number of methoxy groups -OCH3 is 1. The summed E-state index contributed by atoms with van der Waals surface area (Å²) in [6.07, 6.45) is 0.702. The lowest BCUT2D eigenvalue weighted by molar-refractivity contribution is 0.0726. The third-order valence-electron chi connectivity index (χ3n) is 4.39. The first-order valence-corrected chi connectivity index (χ1v) is 8.23. The molecule has 24 heavy (non-hydrogen) atoms. The van der Waals surface area contributed by atoms with Crippen molar-refractivity contribution in [1.29, 1.82) is 0 Å². The molecular formula is C19H24N2O3. The summed E-state index contributed by atoms with van der Waals surface area (Å²) < 4.78 is 11.2. The molecule has 1 amide bonds. The number of hydrogen-bond acceptors (Lipinski definition) is 4. The van der Waals surface area contributed by atoms with E-state index in [1.54, 1.807) is 7.11 Å². The van der Waals surface area contributed by atoms with Crippen molar-refractivity contribution in [1.82, 2.24) is 9.88 Å². The molecule has 2 heterocycles. The van der Waals surface area contributed by atoms with Gasteiger partial charge in [-0.05, 0) is 19.1 Å². The minimum atomic E-state index is -0.129. The largest absolute Gasteiger partial charge is 0.496 e. The van der Waals surface area contributed by atoms with E-state index in [9.17, 15) is 4.79 Å². The first-order chi connectivity index (χ1) is 11.3. The SMILES string of the molecule is COc1cccc(C(=O)N2CCc3oc(C(C)(C)C)nc3C2)c1C. The molecule has 0 bridgehead atoms. The summed E-state index contributed by atoms with van der Waals surface area (Å²) >= 11 is 0. The van der Waals surface area contributed by atoms with Crippen LogP contribution in [0.3, 0.4) is 0 Å². The van der Waals surface area contributed by atoms with Gasteiger partial charge in [0, 0.05) is 29.5 Å². The van der Waals surface area contributed by atoms with Crippen molar-refractivity contribution >= 4 is 5.91 Å². The van der Waals surface area contributed by atoms with Crippen molar-refractivity contribution < 1.29 is 13.9 Å². The van der Waals surface area contributed by atoms with E-state index in [1.165, 1.54) is 0 Å². The van der Waals surface area contributed by atoms with Crippen LogP contribution in [0.2, 0.25) is 0 Å². The van der Waals surface area contributed by atoms with Gasteiger partial charge in [0.2, 0.25) is 0 Å². The van der Waals surface area contributed by atoms with Crippen LogP contribution in [0.25, 0.3) is 0 Å². The molecule has 0 fully saturated rings. The Labute approximate surface area is 142 Å². The van der Waals surface area contributed by atoms with Gasteiger partial charge in [-0.3, -0.25) is 4.79 Å². The number of amides is 1. The molecule has 1 aliphatic rings. The first-order valence-electron chi connectivity index (χ1n) is 8.23. The molecule has 128 valence electrons. The maximum absolute atomic E-state index is 12.9. The van der Waals surface area contributed by atoms with Crippen molar-refractivity contribution in [3.05, 3.63) is 46.7 Å². The quantitative estimate of drug-likeness (QED) is 0.847. The molecule has 1 aliphatic heterocycles. The fourth-order valence-electron chi connectivity index (χ4n) is 2.93. The van der Waals surface area contributed by atoms with Crippen LogP contribution >= 0.6 is 0 Å². The van der Waals surface area contributed by atoms with Gasteiger partial charge < -0.3 is 14.1 Å². The smallest absolute Gasteiger partial charge is 0.254 e. The third-order valence-corrected chi connectivity index (χ3v) is 4.39. The van der Waals surface area contributed by atoms with E-state index in [4.69, 9.17) is 9.15 Å². The predicted octanol–water partition coefficient (Wildman–Crippen LogP) is 3.49. The van der Waals surface area contributed by atoms with Crippen molar-refractivity contribution in [3.8, 4) is 5.75 Å². The lowest BCUT2D eigenvalue weighted by Gasteiger charge is -2.26. The summed E-state index contributed by atoms with van der Waals surface area (Å²) in [6, 6.07) is 5.56. The average molecular weight is 328 g/mol. The molecule has 5 heteroatoms. The normalized spacial score (nSPS) is 14.5. The Kier molecular flexibility index (Phi) is 4.11. The summed E-state index contributed by atoms with van der Waals surface area (Å²) in [4.78, 5) is 19.4. The van der Waals surface area contributed by atoms with E-state index in [-0.39, 0.29) is 11.3 Å². The molecule has 0 saturated carbocycles. The average Bonchev–Trinajstić information content (AvgIpc) is 2.98. The zero-order valence-electron chi connectivity index (χ0n) is 15.0. The number of rotatable bonds is 2. The van der Waals surface area contributed by atoms with Gasteiger partial charge in [0.1, 0.15) is 17.2 Å². The number of carbonyl (C=O) groups is 1. The van der Waals surface area contributed by atoms with E-state index in [0.717, 1.165) is 28.7 Å². The van der Waals surface area contributed by atoms with Gasteiger partial charge in [0.25, 0.3) is 5.91 Å². The second-order valence-electron chi connectivity index (χ2n) is 7.25. The third kappa shape index (κ3) is 2.90. The van der Waals surface area contributed by atoms with Gasteiger partial charge in [0.05, 0.1) is 13.7 Å². The molecule has 0 unspecified atom stereocenters. The first kappa shape index (κ1) is 16.6. The highest BCUT2D eigenvalue weighted by Crippen LogP contribution is 2.29. The van der Waals surface area contributed by atoms with Crippen LogP contribution in [0.15, 0.2) is 22.6 Å². The minimum Gasteiger partial charge on any atom is -0.496 e. The number of aromatic nitrogens is 1. The monoisotopic (exact) mass is 328 g/mol. The molecule has 0 saturated heterocycles. The minimum absolute atomic E-state index is 0.0114. The molecule has 0 aliphatic carbocycles. The van der Waals surface area contributed by atoms with E-state index >= 15 is 0 Å². The molecule has 1 aromatic heterocycles. The molecule has 2 aromatic rings. The van der Waals surface area contributed by atoms with E-state index in [0.29, 0.717) is 25.1 Å². The predicted molar refractivity (Wildman–Crippen MR) is 91.4 cm³/mol. The Bertz CT molecular complexity index is 771. The van der Waals surface area contributed by atoms with Gasteiger partial charge in [-0.1, -0.05) is 26.8 Å². The number of hydrogen-bond donors (Lipinski definition) is 0. The molecule has 3 rings (SSSR count).